The molecule has 1 aliphatic heterocycles. The van der Waals surface area contributed by atoms with Gasteiger partial charge in [0.15, 0.2) is 5.58 Å². The molecule has 4 N–H and O–H groups in total. The third-order valence-corrected chi connectivity index (χ3v) is 5.42. The normalized spacial score (nSPS) is 18.7. The smallest absolute Gasteiger partial charge is 0.236 e. The fraction of sp³-hybridized carbons (Fsp3) is 0.238. The lowest BCUT2D eigenvalue weighted by atomic mass is 10.1. The second-order valence-electron chi connectivity index (χ2n) is 7.32. The Kier molecular flexibility index (Phi) is 4.44. The zero-order valence-electron chi connectivity index (χ0n) is 16.4. The number of rotatable bonds is 4. The zero-order valence-corrected chi connectivity index (χ0v) is 16.4. The van der Waals surface area contributed by atoms with Crippen LogP contribution in [0.4, 0.5) is 5.82 Å². The lowest BCUT2D eigenvalue weighted by molar-refractivity contribution is -0.122. The molecule has 0 bridgehead atoms. The van der Waals surface area contributed by atoms with Crippen LogP contribution in [0.3, 0.4) is 0 Å². The lowest BCUT2D eigenvalue weighted by Crippen LogP contribution is -2.38. The van der Waals surface area contributed by atoms with Crippen LogP contribution in [0.15, 0.2) is 53.3 Å². The van der Waals surface area contributed by atoms with Crippen LogP contribution < -0.4 is 16.4 Å². The van der Waals surface area contributed by atoms with Crippen LogP contribution in [0.5, 0.6) is 0 Å². The highest BCUT2D eigenvalue weighted by Crippen LogP contribution is 2.31. The maximum absolute atomic E-state index is 11.8. The Morgan fingerprint density at radius 1 is 1.30 bits per heavy atom. The molecule has 0 radical (unpaired) electrons. The van der Waals surface area contributed by atoms with Gasteiger partial charge in [-0.2, -0.15) is 5.10 Å². The van der Waals surface area contributed by atoms with E-state index in [1.807, 2.05) is 41.2 Å². The highest BCUT2D eigenvalue weighted by Gasteiger charge is 2.30. The van der Waals surface area contributed by atoms with Crippen molar-refractivity contribution in [1.82, 2.24) is 30.4 Å². The number of amides is 1. The van der Waals surface area contributed by atoms with E-state index in [9.17, 15) is 4.79 Å². The molecule has 152 valence electrons. The van der Waals surface area contributed by atoms with E-state index in [1.54, 1.807) is 19.4 Å². The third kappa shape index (κ3) is 3.18. The van der Waals surface area contributed by atoms with E-state index in [4.69, 9.17) is 10.2 Å². The van der Waals surface area contributed by atoms with Crippen molar-refractivity contribution in [2.45, 2.75) is 18.5 Å². The first-order valence-electron chi connectivity index (χ1n) is 9.73. The van der Waals surface area contributed by atoms with Crippen molar-refractivity contribution in [3.63, 3.8) is 0 Å². The Labute approximate surface area is 172 Å². The standard InChI is InChI=1S/C21H21N7O2/c1-23-20(29)17-7-14(10-24-17)28-11-13(9-26-28)12-6-15(19(22)25-8-12)21-27-16-4-2-3-5-18(16)30-21/h2-6,8-9,11,14,17,24H,7,10H2,1H3,(H2,22,25)(H,23,29)/t14-,17+/m1/s1. The largest absolute Gasteiger partial charge is 0.436 e. The molecule has 1 fully saturated rings. The number of nitrogens with zero attached hydrogens (tertiary/aromatic N) is 4. The highest BCUT2D eigenvalue weighted by atomic mass is 16.3. The van der Waals surface area contributed by atoms with Gasteiger partial charge in [0, 0.05) is 37.1 Å². The molecule has 30 heavy (non-hydrogen) atoms. The molecular weight excluding hydrogens is 382 g/mol. The molecule has 9 nitrogen and oxygen atoms in total. The average molecular weight is 403 g/mol. The van der Waals surface area contributed by atoms with E-state index in [0.717, 1.165) is 16.6 Å². The first-order valence-corrected chi connectivity index (χ1v) is 9.73. The Morgan fingerprint density at radius 2 is 2.17 bits per heavy atom. The van der Waals surface area contributed by atoms with Gasteiger partial charge in [-0.25, -0.2) is 9.97 Å². The van der Waals surface area contributed by atoms with E-state index in [0.29, 0.717) is 35.8 Å². The molecule has 9 heteroatoms. The Balaban J connectivity index is 1.43. The van der Waals surface area contributed by atoms with Gasteiger partial charge in [-0.3, -0.25) is 9.48 Å². The number of aromatic nitrogens is 4. The lowest BCUT2D eigenvalue weighted by Gasteiger charge is -2.09. The fourth-order valence-corrected chi connectivity index (χ4v) is 3.77. The van der Waals surface area contributed by atoms with E-state index >= 15 is 0 Å². The van der Waals surface area contributed by atoms with Crippen molar-refractivity contribution in [2.75, 3.05) is 19.3 Å². The van der Waals surface area contributed by atoms with Gasteiger partial charge >= 0.3 is 0 Å². The molecule has 4 heterocycles. The molecule has 0 saturated carbocycles. The monoisotopic (exact) mass is 403 g/mol. The number of anilines is 1. The molecule has 3 aromatic heterocycles. The van der Waals surface area contributed by atoms with Gasteiger partial charge in [0.1, 0.15) is 11.3 Å². The number of nitrogens with one attached hydrogen (secondary N) is 2. The zero-order chi connectivity index (χ0) is 20.7. The van der Waals surface area contributed by atoms with E-state index in [2.05, 4.69) is 25.7 Å². The van der Waals surface area contributed by atoms with Crippen molar-refractivity contribution < 1.29 is 9.21 Å². The molecule has 5 rings (SSSR count). The van der Waals surface area contributed by atoms with Crippen LogP contribution >= 0.6 is 0 Å². The number of benzene rings is 1. The predicted molar refractivity (Wildman–Crippen MR) is 112 cm³/mol. The number of likely N-dealkylation sites (N-methyl/N-ethyl adjacent to an activating group) is 1. The second-order valence-corrected chi connectivity index (χ2v) is 7.32. The van der Waals surface area contributed by atoms with Crippen LogP contribution in [0, 0.1) is 0 Å². The van der Waals surface area contributed by atoms with Gasteiger partial charge < -0.3 is 20.8 Å². The van der Waals surface area contributed by atoms with Gasteiger partial charge in [0.05, 0.1) is 23.8 Å². The van der Waals surface area contributed by atoms with Crippen LogP contribution in [-0.4, -0.2) is 45.3 Å². The number of carbonyl (C=O) groups is 1. The number of hydrogen-bond acceptors (Lipinski definition) is 7. The number of hydrogen-bond donors (Lipinski definition) is 3. The van der Waals surface area contributed by atoms with Crippen molar-refractivity contribution >= 4 is 22.8 Å². The van der Waals surface area contributed by atoms with Crippen LogP contribution in [0.25, 0.3) is 33.7 Å². The predicted octanol–water partition coefficient (Wildman–Crippen LogP) is 1.98. The first-order chi connectivity index (χ1) is 14.6. The Hall–Kier alpha value is -3.72. The first kappa shape index (κ1) is 18.3. The molecule has 0 unspecified atom stereocenters. The summed E-state index contributed by atoms with van der Waals surface area (Å²) in [5.74, 6) is 0.783. The second kappa shape index (κ2) is 7.27. The number of para-hydroxylation sites is 2. The fourth-order valence-electron chi connectivity index (χ4n) is 3.77. The molecule has 0 aliphatic carbocycles. The molecule has 1 saturated heterocycles. The minimum atomic E-state index is -0.198. The molecule has 1 aromatic carbocycles. The SMILES string of the molecule is CNC(=O)[C@@H]1C[C@@H](n2cc(-c3cnc(N)c(-c4nc5ccccc5o4)c3)cn2)CN1. The average Bonchev–Trinajstić information content (AvgIpc) is 3.52. The molecule has 1 amide bonds. The molecule has 2 atom stereocenters. The van der Waals surface area contributed by atoms with Crippen molar-refractivity contribution in [3.8, 4) is 22.6 Å². The minimum Gasteiger partial charge on any atom is -0.436 e. The Morgan fingerprint density at radius 3 is 3.00 bits per heavy atom. The van der Waals surface area contributed by atoms with Crippen molar-refractivity contribution in [1.29, 1.82) is 0 Å². The summed E-state index contributed by atoms with van der Waals surface area (Å²) in [6.07, 6.45) is 6.15. The summed E-state index contributed by atoms with van der Waals surface area (Å²) in [4.78, 5) is 20.7. The number of nitrogen functional groups attached to an aromatic ring is 1. The van der Waals surface area contributed by atoms with Crippen LogP contribution in [0.2, 0.25) is 0 Å². The van der Waals surface area contributed by atoms with E-state index in [-0.39, 0.29) is 18.0 Å². The minimum absolute atomic E-state index is 0.00408. The maximum Gasteiger partial charge on any atom is 0.236 e. The summed E-state index contributed by atoms with van der Waals surface area (Å²) in [5.41, 5.74) is 9.98. The van der Waals surface area contributed by atoms with E-state index in [1.165, 1.54) is 0 Å². The quantitative estimate of drug-likeness (QED) is 0.476. The van der Waals surface area contributed by atoms with Gasteiger partial charge in [0.2, 0.25) is 11.8 Å². The number of carbonyl (C=O) groups excluding carboxylic acids is 1. The summed E-state index contributed by atoms with van der Waals surface area (Å²) >= 11 is 0. The van der Waals surface area contributed by atoms with Crippen molar-refractivity contribution in [3.05, 3.63) is 48.9 Å². The van der Waals surface area contributed by atoms with Crippen molar-refractivity contribution in [2.24, 2.45) is 0 Å². The van der Waals surface area contributed by atoms with Gasteiger partial charge in [-0.15, -0.1) is 0 Å². The topological polar surface area (TPSA) is 124 Å². The number of pyridine rings is 1. The summed E-state index contributed by atoms with van der Waals surface area (Å²) in [6.45, 7) is 0.688. The summed E-state index contributed by atoms with van der Waals surface area (Å²) in [7, 11) is 1.64. The molecule has 4 aromatic rings. The number of oxazole rings is 1. The highest BCUT2D eigenvalue weighted by molar-refractivity contribution is 5.82. The third-order valence-electron chi connectivity index (χ3n) is 5.42. The van der Waals surface area contributed by atoms with Gasteiger partial charge in [0.25, 0.3) is 0 Å². The number of fused-ring (bicyclic) bond motifs is 1. The molecule has 1 aliphatic rings. The summed E-state index contributed by atoms with van der Waals surface area (Å²) in [5, 5.41) is 10.4. The molecule has 0 spiro atoms. The number of nitrogens with two attached hydrogens (primary N) is 1. The van der Waals surface area contributed by atoms with E-state index < -0.39 is 0 Å². The molecular formula is C21H21N7O2. The van der Waals surface area contributed by atoms with Gasteiger partial charge in [-0.1, -0.05) is 12.1 Å². The maximum atomic E-state index is 11.8. The summed E-state index contributed by atoms with van der Waals surface area (Å²) in [6, 6.07) is 9.39. The Bertz CT molecular complexity index is 1200. The van der Waals surface area contributed by atoms with Crippen LogP contribution in [0.1, 0.15) is 12.5 Å². The summed E-state index contributed by atoms with van der Waals surface area (Å²) < 4.78 is 7.75. The van der Waals surface area contributed by atoms with Crippen LogP contribution in [-0.2, 0) is 4.79 Å². The van der Waals surface area contributed by atoms with Gasteiger partial charge in [-0.05, 0) is 24.6 Å².